The topological polar surface area (TPSA) is 80.1 Å². The van der Waals surface area contributed by atoms with Gasteiger partial charge in [0.25, 0.3) is 10.0 Å². The van der Waals surface area contributed by atoms with Crippen LogP contribution in [0.1, 0.15) is 30.0 Å². The summed E-state index contributed by atoms with van der Waals surface area (Å²) in [5.74, 6) is 0.667. The van der Waals surface area contributed by atoms with Crippen LogP contribution in [0.15, 0.2) is 106 Å². The van der Waals surface area contributed by atoms with Crippen LogP contribution in [0.4, 0.5) is 0 Å². The third-order valence-corrected chi connectivity index (χ3v) is 7.48. The summed E-state index contributed by atoms with van der Waals surface area (Å²) in [5.41, 5.74) is 4.39. The monoisotopic (exact) mass is 497 g/mol. The smallest absolute Gasteiger partial charge is 0.276 e. The molecule has 5 rings (SSSR count). The summed E-state index contributed by atoms with van der Waals surface area (Å²) in [5, 5.41) is 6.65. The molecule has 1 aliphatic heterocycles. The highest BCUT2D eigenvalue weighted by atomic mass is 32.2. The fraction of sp³-hybridized carbons (Fsp3) is 0.172. The molecule has 6 nitrogen and oxygen atoms in total. The first-order valence-electron chi connectivity index (χ1n) is 11.8. The van der Waals surface area contributed by atoms with Crippen LogP contribution >= 0.6 is 0 Å². The molecule has 4 aromatic rings. The number of nitrogens with one attached hydrogen (secondary N) is 1. The van der Waals surface area contributed by atoms with Gasteiger partial charge in [0.15, 0.2) is 0 Å². The Hall–Kier alpha value is -3.97. The van der Waals surface area contributed by atoms with E-state index in [1.54, 1.807) is 24.3 Å². The number of sulfonamides is 1. The van der Waals surface area contributed by atoms with E-state index in [0.29, 0.717) is 24.4 Å². The number of hydrazone groups is 1. The Balaban J connectivity index is 1.39. The number of ether oxygens (including phenoxy) is 1. The second-order valence-electron chi connectivity index (χ2n) is 8.86. The lowest BCUT2D eigenvalue weighted by atomic mass is 9.99. The van der Waals surface area contributed by atoms with E-state index in [1.165, 1.54) is 5.39 Å². The van der Waals surface area contributed by atoms with E-state index in [4.69, 9.17) is 9.73 Å². The molecule has 36 heavy (non-hydrogen) atoms. The number of aliphatic imine (C=N–C) groups is 1. The highest BCUT2D eigenvalue weighted by molar-refractivity contribution is 7.89. The Labute approximate surface area is 211 Å². The Morgan fingerprint density at radius 2 is 1.67 bits per heavy atom. The van der Waals surface area contributed by atoms with Gasteiger partial charge in [0.2, 0.25) is 0 Å². The zero-order chi connectivity index (χ0) is 25.1. The molecule has 1 atom stereocenters. The molecule has 0 unspecified atom stereocenters. The Bertz CT molecular complexity index is 1570. The molecule has 0 radical (unpaired) electrons. The summed E-state index contributed by atoms with van der Waals surface area (Å²) in [6.07, 6.45) is 0.159. The number of para-hydroxylation sites is 1. The maximum Gasteiger partial charge on any atom is 0.276 e. The van der Waals surface area contributed by atoms with Gasteiger partial charge in [0.05, 0.1) is 17.2 Å². The normalized spacial score (nSPS) is 17.0. The lowest BCUT2D eigenvalue weighted by Gasteiger charge is -2.26. The highest BCUT2D eigenvalue weighted by Gasteiger charge is 2.25. The quantitative estimate of drug-likeness (QED) is 0.283. The van der Waals surface area contributed by atoms with Gasteiger partial charge in [-0.15, -0.1) is 0 Å². The molecule has 4 aromatic carbocycles. The fourth-order valence-corrected chi connectivity index (χ4v) is 5.14. The second kappa shape index (κ2) is 9.95. The molecular formula is C29H27N3O3S. The highest BCUT2D eigenvalue weighted by Crippen LogP contribution is 2.28. The number of nitrogens with zero attached hydrogens (tertiary/aromatic N) is 2. The van der Waals surface area contributed by atoms with E-state index in [0.717, 1.165) is 27.8 Å². The van der Waals surface area contributed by atoms with Crippen LogP contribution in [0.3, 0.4) is 0 Å². The van der Waals surface area contributed by atoms with Gasteiger partial charge in [-0.3, -0.25) is 4.99 Å². The van der Waals surface area contributed by atoms with Gasteiger partial charge in [0, 0.05) is 23.3 Å². The van der Waals surface area contributed by atoms with Crippen LogP contribution in [-0.4, -0.2) is 32.5 Å². The second-order valence-corrected chi connectivity index (χ2v) is 10.5. The zero-order valence-electron chi connectivity index (χ0n) is 20.2. The largest absolute Gasteiger partial charge is 0.487 e. The number of rotatable bonds is 6. The minimum atomic E-state index is -3.78. The number of aryl methyl sites for hydroxylation is 1. The fourth-order valence-electron chi connectivity index (χ4n) is 4.31. The van der Waals surface area contributed by atoms with Crippen molar-refractivity contribution in [2.45, 2.75) is 31.3 Å². The Morgan fingerprint density at radius 1 is 0.944 bits per heavy atom. The first-order chi connectivity index (χ1) is 17.4. The van der Waals surface area contributed by atoms with Crippen molar-refractivity contribution in [1.29, 1.82) is 0 Å². The molecule has 1 heterocycles. The lowest BCUT2D eigenvalue weighted by Crippen LogP contribution is -2.32. The summed E-state index contributed by atoms with van der Waals surface area (Å²) in [7, 11) is -3.78. The summed E-state index contributed by atoms with van der Waals surface area (Å²) >= 11 is 0. The molecule has 7 heteroatoms. The van der Waals surface area contributed by atoms with Gasteiger partial charge >= 0.3 is 0 Å². The first-order valence-corrected chi connectivity index (χ1v) is 13.3. The molecule has 0 amide bonds. The third kappa shape index (κ3) is 5.02. The molecule has 1 N–H and O–H groups in total. The standard InChI is InChI=1S/C29H27N3O3S/c1-20-14-16-24(17-15-20)36(33,34)32-31-28-18-23(35-29-13-6-5-11-27(28)29)19-30-21(2)25-12-7-9-22-8-3-4-10-26(22)25/h3-17,23,32H,18-19H2,1-2H3/b30-21?,31-28+/t23-/m1/s1. The maximum atomic E-state index is 12.8. The molecule has 0 spiro atoms. The molecule has 0 fully saturated rings. The van der Waals surface area contributed by atoms with Gasteiger partial charge < -0.3 is 4.74 Å². The van der Waals surface area contributed by atoms with Crippen molar-refractivity contribution in [2.75, 3.05) is 6.54 Å². The van der Waals surface area contributed by atoms with Crippen LogP contribution in [0.25, 0.3) is 10.8 Å². The zero-order valence-corrected chi connectivity index (χ0v) is 21.0. The third-order valence-electron chi connectivity index (χ3n) is 6.26. The van der Waals surface area contributed by atoms with Crippen molar-refractivity contribution in [3.63, 3.8) is 0 Å². The van der Waals surface area contributed by atoms with E-state index in [1.807, 2.05) is 56.3 Å². The van der Waals surface area contributed by atoms with Gasteiger partial charge in [0.1, 0.15) is 11.9 Å². The molecule has 0 saturated carbocycles. The average molecular weight is 498 g/mol. The van der Waals surface area contributed by atoms with Crippen LogP contribution in [0.2, 0.25) is 0 Å². The van der Waals surface area contributed by atoms with Crippen molar-refractivity contribution in [3.05, 3.63) is 108 Å². The van der Waals surface area contributed by atoms with Crippen LogP contribution in [0, 0.1) is 6.92 Å². The lowest BCUT2D eigenvalue weighted by molar-refractivity contribution is 0.210. The minimum absolute atomic E-state index is 0.171. The number of benzene rings is 4. The number of fused-ring (bicyclic) bond motifs is 2. The molecule has 0 saturated heterocycles. The Morgan fingerprint density at radius 3 is 2.50 bits per heavy atom. The summed E-state index contributed by atoms with van der Waals surface area (Å²) < 4.78 is 31.8. The van der Waals surface area contributed by atoms with Gasteiger partial charge in [-0.2, -0.15) is 18.4 Å². The van der Waals surface area contributed by atoms with Crippen molar-refractivity contribution in [2.24, 2.45) is 10.1 Å². The molecule has 0 aliphatic carbocycles. The van der Waals surface area contributed by atoms with Gasteiger partial charge in [-0.1, -0.05) is 72.3 Å². The van der Waals surface area contributed by atoms with E-state index in [2.05, 4.69) is 34.2 Å². The van der Waals surface area contributed by atoms with E-state index < -0.39 is 10.0 Å². The average Bonchev–Trinajstić information content (AvgIpc) is 2.90. The maximum absolute atomic E-state index is 12.8. The van der Waals surface area contributed by atoms with Crippen LogP contribution < -0.4 is 9.57 Å². The summed E-state index contributed by atoms with van der Waals surface area (Å²) in [6.45, 7) is 4.34. The summed E-state index contributed by atoms with van der Waals surface area (Å²) in [6, 6.07) is 28.6. The summed E-state index contributed by atoms with van der Waals surface area (Å²) in [4.78, 5) is 7.41. The van der Waals surface area contributed by atoms with E-state index in [9.17, 15) is 8.42 Å². The Kier molecular flexibility index (Phi) is 6.57. The molecule has 182 valence electrons. The first kappa shape index (κ1) is 23.8. The number of hydrogen-bond donors (Lipinski definition) is 1. The molecule has 0 bridgehead atoms. The van der Waals surface area contributed by atoms with E-state index in [-0.39, 0.29) is 11.0 Å². The molecular weight excluding hydrogens is 470 g/mol. The predicted molar refractivity (Wildman–Crippen MR) is 145 cm³/mol. The van der Waals surface area contributed by atoms with Gasteiger partial charge in [-0.25, -0.2) is 0 Å². The van der Waals surface area contributed by atoms with Crippen molar-refractivity contribution >= 4 is 32.2 Å². The van der Waals surface area contributed by atoms with Crippen molar-refractivity contribution in [1.82, 2.24) is 4.83 Å². The van der Waals surface area contributed by atoms with Gasteiger partial charge in [-0.05, 0) is 48.9 Å². The van der Waals surface area contributed by atoms with Crippen LogP contribution in [0.5, 0.6) is 5.75 Å². The van der Waals surface area contributed by atoms with Crippen molar-refractivity contribution in [3.8, 4) is 5.75 Å². The van der Waals surface area contributed by atoms with Crippen molar-refractivity contribution < 1.29 is 13.2 Å². The minimum Gasteiger partial charge on any atom is -0.487 e. The molecule has 1 aliphatic rings. The predicted octanol–water partition coefficient (Wildman–Crippen LogP) is 5.49. The molecule has 0 aromatic heterocycles. The number of hydrogen-bond acceptors (Lipinski definition) is 5. The van der Waals surface area contributed by atoms with Crippen LogP contribution in [-0.2, 0) is 10.0 Å². The van der Waals surface area contributed by atoms with E-state index >= 15 is 0 Å². The SMILES string of the molecule is CC(=NC[C@H]1C/C(=N\NS(=O)(=O)c2ccc(C)cc2)c2ccccc2O1)c1cccc2ccccc12.